The molecule has 190 valence electrons. The van der Waals surface area contributed by atoms with Gasteiger partial charge in [0.2, 0.25) is 0 Å². The fourth-order valence-electron chi connectivity index (χ4n) is 4.87. The van der Waals surface area contributed by atoms with Gasteiger partial charge < -0.3 is 9.84 Å². The molecule has 0 aliphatic carbocycles. The van der Waals surface area contributed by atoms with Gasteiger partial charge in [-0.25, -0.2) is 9.37 Å². The molecule has 2 aliphatic heterocycles. The molecule has 0 radical (unpaired) electrons. The zero-order valence-electron chi connectivity index (χ0n) is 19.8. The van der Waals surface area contributed by atoms with Crippen molar-refractivity contribution in [2.75, 3.05) is 4.90 Å². The molecule has 1 saturated heterocycles. The number of hydrogen-bond donors (Lipinski definition) is 1. The highest BCUT2D eigenvalue weighted by atomic mass is 32.1. The Bertz CT molecular complexity index is 1710. The first-order valence-electron chi connectivity index (χ1n) is 11.6. The topological polar surface area (TPSA) is 123 Å². The van der Waals surface area contributed by atoms with Gasteiger partial charge in [-0.2, -0.15) is 0 Å². The fraction of sp³-hybridized carbons (Fsp3) is 0.148. The lowest BCUT2D eigenvalue weighted by Crippen LogP contribution is -2.29. The number of benzene rings is 3. The van der Waals surface area contributed by atoms with Crippen LogP contribution in [0.25, 0.3) is 16.0 Å². The predicted molar refractivity (Wildman–Crippen MR) is 138 cm³/mol. The summed E-state index contributed by atoms with van der Waals surface area (Å²) in [5, 5.41) is 23.0. The van der Waals surface area contributed by atoms with E-state index in [1.165, 1.54) is 42.5 Å². The van der Waals surface area contributed by atoms with Gasteiger partial charge in [-0.1, -0.05) is 23.5 Å². The molecule has 0 spiro atoms. The molecule has 0 saturated carbocycles. The number of carbonyl (C=O) groups excluding carboxylic acids is 2. The van der Waals surface area contributed by atoms with Crippen LogP contribution in [0, 0.1) is 15.9 Å². The summed E-state index contributed by atoms with van der Waals surface area (Å²) >= 11 is 0.997. The zero-order valence-corrected chi connectivity index (χ0v) is 20.6. The number of halogens is 1. The molecule has 1 fully saturated rings. The van der Waals surface area contributed by atoms with Crippen LogP contribution in [0.4, 0.5) is 15.2 Å². The fourth-order valence-corrected chi connectivity index (χ4v) is 5.88. The Morgan fingerprint density at radius 1 is 1.18 bits per heavy atom. The van der Waals surface area contributed by atoms with Crippen molar-refractivity contribution in [3.8, 4) is 5.75 Å². The number of nitro groups is 1. The number of Topliss-reactive ketones (excluding diaryl/α,β-unsaturated/α-hetero) is 1. The van der Waals surface area contributed by atoms with Crippen molar-refractivity contribution in [3.05, 3.63) is 98.9 Å². The van der Waals surface area contributed by atoms with Gasteiger partial charge in [-0.05, 0) is 54.4 Å². The molecule has 3 aromatic carbocycles. The standard InChI is InChI=1S/C27H18FN3O6S/c1-13-9-16-10-15(5-8-20(16)37-13)24(32)22-23(14-3-2-4-18(11-14)31(35)36)30(26(34)25(22)33)27-29-19-7-6-17(28)12-21(19)38-27/h2-8,10-13,23,32H,9H2,1H3/b24-22+/t13-,23-/m0/s1. The van der Waals surface area contributed by atoms with E-state index in [1.54, 1.807) is 18.2 Å². The van der Waals surface area contributed by atoms with E-state index in [0.717, 1.165) is 21.8 Å². The number of aromatic nitrogens is 1. The molecule has 4 aromatic rings. The van der Waals surface area contributed by atoms with Crippen molar-refractivity contribution >= 4 is 49.8 Å². The third-order valence-corrected chi connectivity index (χ3v) is 7.57. The number of non-ortho nitro benzene ring substituents is 1. The van der Waals surface area contributed by atoms with Gasteiger partial charge in [0.25, 0.3) is 11.5 Å². The molecule has 11 heteroatoms. The van der Waals surface area contributed by atoms with Crippen molar-refractivity contribution in [3.63, 3.8) is 0 Å². The number of nitro benzene ring substituents is 1. The van der Waals surface area contributed by atoms with E-state index in [-0.39, 0.29) is 28.1 Å². The smallest absolute Gasteiger partial charge is 0.301 e. The highest BCUT2D eigenvalue weighted by Gasteiger charge is 2.48. The summed E-state index contributed by atoms with van der Waals surface area (Å²) in [6.45, 7) is 1.91. The number of nitrogens with zero attached hydrogens (tertiary/aromatic N) is 3. The van der Waals surface area contributed by atoms with E-state index in [9.17, 15) is 29.2 Å². The number of amides is 1. The molecule has 2 atom stereocenters. The summed E-state index contributed by atoms with van der Waals surface area (Å²) in [5.41, 5.74) is 1.33. The number of rotatable bonds is 4. The Morgan fingerprint density at radius 3 is 2.79 bits per heavy atom. The monoisotopic (exact) mass is 531 g/mol. The van der Waals surface area contributed by atoms with Crippen molar-refractivity contribution < 1.29 is 28.7 Å². The van der Waals surface area contributed by atoms with Crippen LogP contribution in [0.15, 0.2) is 66.2 Å². The second kappa shape index (κ2) is 8.73. The third-order valence-electron chi connectivity index (χ3n) is 6.56. The number of thiazole rings is 1. The Morgan fingerprint density at radius 2 is 2.00 bits per heavy atom. The van der Waals surface area contributed by atoms with Gasteiger partial charge in [0.1, 0.15) is 23.4 Å². The summed E-state index contributed by atoms with van der Waals surface area (Å²) in [6, 6.07) is 13.2. The Kier molecular flexibility index (Phi) is 5.46. The molecule has 9 nitrogen and oxygen atoms in total. The second-order valence-electron chi connectivity index (χ2n) is 9.08. The quantitative estimate of drug-likeness (QED) is 0.125. The van der Waals surface area contributed by atoms with Crippen LogP contribution in [0.5, 0.6) is 5.75 Å². The van der Waals surface area contributed by atoms with Crippen molar-refractivity contribution in [1.29, 1.82) is 0 Å². The van der Waals surface area contributed by atoms with Crippen LogP contribution in [0.3, 0.4) is 0 Å². The molecule has 0 unspecified atom stereocenters. The average molecular weight is 532 g/mol. The molecule has 3 heterocycles. The molecular formula is C27H18FN3O6S. The van der Waals surface area contributed by atoms with Gasteiger partial charge in [0.15, 0.2) is 5.13 Å². The van der Waals surface area contributed by atoms with Gasteiger partial charge >= 0.3 is 5.91 Å². The molecule has 1 amide bonds. The van der Waals surface area contributed by atoms with E-state index in [2.05, 4.69) is 4.98 Å². The van der Waals surface area contributed by atoms with Crippen LogP contribution in [0.1, 0.15) is 29.7 Å². The number of ketones is 1. The van der Waals surface area contributed by atoms with E-state index < -0.39 is 34.2 Å². The molecule has 6 rings (SSSR count). The SMILES string of the molecule is C[C@H]1Cc2cc(/C(O)=C3\C(=O)C(=O)N(c4nc5ccc(F)cc5s4)[C@H]3c3cccc([N+](=O)[O-])c3)ccc2O1. The van der Waals surface area contributed by atoms with Crippen LogP contribution in [0.2, 0.25) is 0 Å². The molecule has 38 heavy (non-hydrogen) atoms. The van der Waals surface area contributed by atoms with Crippen molar-refractivity contribution in [1.82, 2.24) is 4.98 Å². The highest BCUT2D eigenvalue weighted by Crippen LogP contribution is 2.45. The summed E-state index contributed by atoms with van der Waals surface area (Å²) in [6.07, 6.45) is 0.572. The first-order valence-corrected chi connectivity index (χ1v) is 12.4. The predicted octanol–water partition coefficient (Wildman–Crippen LogP) is 5.29. The molecule has 1 N–H and O–H groups in total. The number of ether oxygens (including phenoxy) is 1. The Hall–Kier alpha value is -4.64. The maximum absolute atomic E-state index is 13.8. The van der Waals surface area contributed by atoms with Gasteiger partial charge in [0.05, 0.1) is 26.8 Å². The molecular weight excluding hydrogens is 513 g/mol. The number of hydrogen-bond acceptors (Lipinski definition) is 8. The first-order chi connectivity index (χ1) is 18.2. The molecule has 0 bridgehead atoms. The summed E-state index contributed by atoms with van der Waals surface area (Å²) in [7, 11) is 0. The Balaban J connectivity index is 1.56. The largest absolute Gasteiger partial charge is 0.507 e. The van der Waals surface area contributed by atoms with Crippen LogP contribution in [-0.2, 0) is 16.0 Å². The van der Waals surface area contributed by atoms with E-state index >= 15 is 0 Å². The summed E-state index contributed by atoms with van der Waals surface area (Å²) < 4.78 is 20.0. The van der Waals surface area contributed by atoms with Crippen molar-refractivity contribution in [2.24, 2.45) is 0 Å². The molecule has 1 aromatic heterocycles. The normalized spacial score (nSPS) is 20.1. The Labute approximate surface area is 218 Å². The summed E-state index contributed by atoms with van der Waals surface area (Å²) in [4.78, 5) is 43.3. The maximum atomic E-state index is 13.8. The number of aliphatic hydroxyl groups excluding tert-OH is 1. The van der Waals surface area contributed by atoms with Gasteiger partial charge in [-0.3, -0.25) is 24.6 Å². The minimum Gasteiger partial charge on any atom is -0.507 e. The lowest BCUT2D eigenvalue weighted by molar-refractivity contribution is -0.384. The lowest BCUT2D eigenvalue weighted by Gasteiger charge is -2.22. The minimum absolute atomic E-state index is 0.0401. The van der Waals surface area contributed by atoms with Crippen LogP contribution in [-0.4, -0.2) is 32.8 Å². The first kappa shape index (κ1) is 23.7. The second-order valence-corrected chi connectivity index (χ2v) is 10.1. The maximum Gasteiger partial charge on any atom is 0.301 e. The van der Waals surface area contributed by atoms with E-state index in [1.807, 2.05) is 6.92 Å². The minimum atomic E-state index is -1.20. The van der Waals surface area contributed by atoms with Crippen LogP contribution >= 0.6 is 11.3 Å². The number of carbonyl (C=O) groups is 2. The lowest BCUT2D eigenvalue weighted by atomic mass is 9.94. The highest BCUT2D eigenvalue weighted by molar-refractivity contribution is 7.22. The van der Waals surface area contributed by atoms with Crippen molar-refractivity contribution in [2.45, 2.75) is 25.5 Å². The van der Waals surface area contributed by atoms with Gasteiger partial charge in [-0.15, -0.1) is 0 Å². The van der Waals surface area contributed by atoms with Gasteiger partial charge in [0, 0.05) is 24.1 Å². The average Bonchev–Trinajstić information content (AvgIpc) is 3.55. The number of anilines is 1. The molecule has 2 aliphatic rings. The zero-order chi connectivity index (χ0) is 26.7. The number of fused-ring (bicyclic) bond motifs is 2. The number of aliphatic hydroxyl groups is 1. The van der Waals surface area contributed by atoms with E-state index in [4.69, 9.17) is 4.74 Å². The van der Waals surface area contributed by atoms with Crippen LogP contribution < -0.4 is 9.64 Å². The third kappa shape index (κ3) is 3.79. The van der Waals surface area contributed by atoms with E-state index in [0.29, 0.717) is 28.0 Å². The summed E-state index contributed by atoms with van der Waals surface area (Å²) in [5.74, 6) is -2.15.